The lowest BCUT2D eigenvalue weighted by Crippen LogP contribution is -2.06. The van der Waals surface area contributed by atoms with Crippen molar-refractivity contribution in [1.29, 1.82) is 0 Å². The fourth-order valence-corrected chi connectivity index (χ4v) is 1.98. The summed E-state index contributed by atoms with van der Waals surface area (Å²) in [6.45, 7) is 0.681. The van der Waals surface area contributed by atoms with E-state index in [2.05, 4.69) is 20.3 Å². The molecular weight excluding hydrogens is 273 g/mol. The third-order valence-electron chi connectivity index (χ3n) is 2.97. The van der Waals surface area contributed by atoms with Crippen LogP contribution in [-0.2, 0) is 13.0 Å². The van der Waals surface area contributed by atoms with Crippen molar-refractivity contribution in [2.24, 2.45) is 5.73 Å². The maximum atomic E-state index is 13.5. The first kappa shape index (κ1) is 13.4. The maximum Gasteiger partial charge on any atom is 0.196 e. The van der Waals surface area contributed by atoms with E-state index < -0.39 is 0 Å². The highest BCUT2D eigenvalue weighted by Gasteiger charge is 2.11. The fourth-order valence-electron chi connectivity index (χ4n) is 1.98. The molecule has 0 atom stereocenters. The molecule has 0 radical (unpaired) electrons. The normalized spacial score (nSPS) is 11.0. The molecule has 0 unspecified atom stereocenters. The monoisotopic (exact) mass is 287 g/mol. The number of pyridine rings is 2. The zero-order chi connectivity index (χ0) is 14.7. The molecule has 3 aromatic heterocycles. The molecule has 6 nitrogen and oxygen atoms in total. The summed E-state index contributed by atoms with van der Waals surface area (Å²) in [5, 5.41) is 3.03. The zero-order valence-electron chi connectivity index (χ0n) is 11.2. The Bertz CT molecular complexity index is 758. The molecule has 0 aliphatic rings. The standard InChI is InChI=1S/C14H14FN5O/c15-9-2-1-6-17-10(9)8-19-14-13-11(4-7-18-14)21-12(20-13)3-5-16/h1-2,4,6-7H,3,5,8,16H2,(H,18,19). The molecule has 3 aromatic rings. The Morgan fingerprint density at radius 3 is 2.95 bits per heavy atom. The molecule has 0 amide bonds. The predicted molar refractivity (Wildman–Crippen MR) is 76.1 cm³/mol. The molecule has 0 aromatic carbocycles. The first-order valence-corrected chi connectivity index (χ1v) is 6.55. The second-order valence-electron chi connectivity index (χ2n) is 4.44. The second kappa shape index (κ2) is 5.84. The Morgan fingerprint density at radius 2 is 2.14 bits per heavy atom. The van der Waals surface area contributed by atoms with Gasteiger partial charge in [-0.05, 0) is 12.1 Å². The lowest BCUT2D eigenvalue weighted by atomic mass is 10.3. The van der Waals surface area contributed by atoms with E-state index in [9.17, 15) is 4.39 Å². The number of anilines is 1. The fraction of sp³-hybridized carbons (Fsp3) is 0.214. The summed E-state index contributed by atoms with van der Waals surface area (Å²) in [6.07, 6.45) is 3.71. The number of hydrogen-bond acceptors (Lipinski definition) is 6. The van der Waals surface area contributed by atoms with Crippen molar-refractivity contribution < 1.29 is 8.81 Å². The topological polar surface area (TPSA) is 89.9 Å². The van der Waals surface area contributed by atoms with Crippen molar-refractivity contribution in [3.63, 3.8) is 0 Å². The molecular formula is C14H14FN5O. The maximum absolute atomic E-state index is 13.5. The third kappa shape index (κ3) is 2.82. The van der Waals surface area contributed by atoms with E-state index in [-0.39, 0.29) is 12.4 Å². The van der Waals surface area contributed by atoms with Gasteiger partial charge in [0.1, 0.15) is 5.82 Å². The molecule has 21 heavy (non-hydrogen) atoms. The molecule has 0 bridgehead atoms. The Hall–Kier alpha value is -2.54. The van der Waals surface area contributed by atoms with E-state index in [1.165, 1.54) is 6.07 Å². The highest BCUT2D eigenvalue weighted by Crippen LogP contribution is 2.22. The van der Waals surface area contributed by atoms with Gasteiger partial charge in [0, 0.05) is 31.4 Å². The van der Waals surface area contributed by atoms with Crippen molar-refractivity contribution >= 4 is 16.9 Å². The minimum absolute atomic E-state index is 0.220. The smallest absolute Gasteiger partial charge is 0.196 e. The van der Waals surface area contributed by atoms with E-state index in [4.69, 9.17) is 10.2 Å². The zero-order valence-corrected chi connectivity index (χ0v) is 11.2. The van der Waals surface area contributed by atoms with Gasteiger partial charge in [0.15, 0.2) is 22.8 Å². The van der Waals surface area contributed by atoms with E-state index in [0.29, 0.717) is 41.5 Å². The van der Waals surface area contributed by atoms with Gasteiger partial charge < -0.3 is 15.5 Å². The number of nitrogens with zero attached hydrogens (tertiary/aromatic N) is 3. The molecule has 0 aliphatic carbocycles. The van der Waals surface area contributed by atoms with Crippen molar-refractivity contribution in [2.45, 2.75) is 13.0 Å². The van der Waals surface area contributed by atoms with Gasteiger partial charge in [0.05, 0.1) is 12.2 Å². The second-order valence-corrected chi connectivity index (χ2v) is 4.44. The lowest BCUT2D eigenvalue weighted by Gasteiger charge is -2.05. The van der Waals surface area contributed by atoms with Crippen LogP contribution in [0.3, 0.4) is 0 Å². The van der Waals surface area contributed by atoms with Crippen LogP contribution in [0.2, 0.25) is 0 Å². The number of rotatable bonds is 5. The Morgan fingerprint density at radius 1 is 1.24 bits per heavy atom. The molecule has 0 saturated carbocycles. The number of oxazole rings is 1. The SMILES string of the molecule is NCCc1nc2c(NCc3ncccc3F)nccc2o1. The van der Waals surface area contributed by atoms with E-state index in [1.807, 2.05) is 0 Å². The predicted octanol–water partition coefficient (Wildman–Crippen LogP) is 1.87. The van der Waals surface area contributed by atoms with Gasteiger partial charge in [-0.25, -0.2) is 14.4 Å². The van der Waals surface area contributed by atoms with Crippen molar-refractivity contribution in [1.82, 2.24) is 15.0 Å². The third-order valence-corrected chi connectivity index (χ3v) is 2.97. The molecule has 108 valence electrons. The van der Waals surface area contributed by atoms with Crippen LogP contribution in [0, 0.1) is 5.82 Å². The van der Waals surface area contributed by atoms with Crippen LogP contribution in [0.4, 0.5) is 10.2 Å². The lowest BCUT2D eigenvalue weighted by molar-refractivity contribution is 0.531. The van der Waals surface area contributed by atoms with Gasteiger partial charge in [-0.3, -0.25) is 4.98 Å². The van der Waals surface area contributed by atoms with Gasteiger partial charge in [0.25, 0.3) is 0 Å². The molecule has 0 aliphatic heterocycles. The van der Waals surface area contributed by atoms with Crippen LogP contribution in [0.15, 0.2) is 35.0 Å². The number of fused-ring (bicyclic) bond motifs is 1. The van der Waals surface area contributed by atoms with Crippen LogP contribution in [0.1, 0.15) is 11.6 Å². The Kier molecular flexibility index (Phi) is 3.74. The van der Waals surface area contributed by atoms with Crippen molar-refractivity contribution in [2.75, 3.05) is 11.9 Å². The quantitative estimate of drug-likeness (QED) is 0.744. The van der Waals surface area contributed by atoms with E-state index in [1.54, 1.807) is 24.5 Å². The minimum Gasteiger partial charge on any atom is -0.440 e. The number of nitrogens with two attached hydrogens (primary N) is 1. The molecule has 3 N–H and O–H groups in total. The van der Waals surface area contributed by atoms with Crippen LogP contribution in [0.25, 0.3) is 11.1 Å². The van der Waals surface area contributed by atoms with Gasteiger partial charge in [0.2, 0.25) is 0 Å². The molecule has 0 fully saturated rings. The summed E-state index contributed by atoms with van der Waals surface area (Å²) in [4.78, 5) is 12.5. The van der Waals surface area contributed by atoms with Crippen LogP contribution in [-0.4, -0.2) is 21.5 Å². The Balaban J connectivity index is 1.85. The van der Waals surface area contributed by atoms with E-state index >= 15 is 0 Å². The highest BCUT2D eigenvalue weighted by atomic mass is 19.1. The molecule has 3 rings (SSSR count). The number of nitrogens with one attached hydrogen (secondary N) is 1. The Labute approximate surface area is 120 Å². The summed E-state index contributed by atoms with van der Waals surface area (Å²) in [5.41, 5.74) is 7.04. The number of halogens is 1. The summed E-state index contributed by atoms with van der Waals surface area (Å²) in [7, 11) is 0. The van der Waals surface area contributed by atoms with E-state index in [0.717, 1.165) is 0 Å². The minimum atomic E-state index is -0.360. The average Bonchev–Trinajstić information content (AvgIpc) is 2.90. The number of aromatic nitrogens is 3. The molecule has 7 heteroatoms. The molecule has 3 heterocycles. The number of hydrogen-bond donors (Lipinski definition) is 2. The molecule has 0 saturated heterocycles. The summed E-state index contributed by atoms with van der Waals surface area (Å²) >= 11 is 0. The van der Waals surface area contributed by atoms with Gasteiger partial charge >= 0.3 is 0 Å². The first-order chi connectivity index (χ1) is 10.3. The largest absolute Gasteiger partial charge is 0.440 e. The van der Waals surface area contributed by atoms with Gasteiger partial charge in [-0.15, -0.1) is 0 Å². The summed E-state index contributed by atoms with van der Waals surface area (Å²) in [6, 6.07) is 4.65. The van der Waals surface area contributed by atoms with Crippen molar-refractivity contribution in [3.8, 4) is 0 Å². The summed E-state index contributed by atoms with van der Waals surface area (Å²) < 4.78 is 19.1. The average molecular weight is 287 g/mol. The van der Waals surface area contributed by atoms with Crippen LogP contribution < -0.4 is 11.1 Å². The van der Waals surface area contributed by atoms with Crippen molar-refractivity contribution in [3.05, 3.63) is 48.0 Å². The molecule has 0 spiro atoms. The van der Waals surface area contributed by atoms with Crippen LogP contribution >= 0.6 is 0 Å². The van der Waals surface area contributed by atoms with Gasteiger partial charge in [-0.2, -0.15) is 0 Å². The highest BCUT2D eigenvalue weighted by molar-refractivity contribution is 5.83. The summed E-state index contributed by atoms with van der Waals surface area (Å²) in [5.74, 6) is 0.735. The van der Waals surface area contributed by atoms with Gasteiger partial charge in [-0.1, -0.05) is 0 Å². The first-order valence-electron chi connectivity index (χ1n) is 6.55. The van der Waals surface area contributed by atoms with Crippen LogP contribution in [0.5, 0.6) is 0 Å².